The molecule has 0 amide bonds. The van der Waals surface area contributed by atoms with Crippen molar-refractivity contribution in [3.05, 3.63) is 12.2 Å². The van der Waals surface area contributed by atoms with Crippen molar-refractivity contribution in [2.45, 2.75) is 32.6 Å². The van der Waals surface area contributed by atoms with E-state index in [4.69, 9.17) is 9.47 Å². The zero-order chi connectivity index (χ0) is 9.07. The van der Waals surface area contributed by atoms with E-state index >= 15 is 0 Å². The molecular weight excluding hydrogens is 152 g/mol. The Morgan fingerprint density at radius 2 is 2.00 bits per heavy atom. The van der Waals surface area contributed by atoms with E-state index < -0.39 is 0 Å². The minimum absolute atomic E-state index is 0.388. The number of hydrogen-bond acceptors (Lipinski definition) is 2. The van der Waals surface area contributed by atoms with Gasteiger partial charge in [0, 0.05) is 7.11 Å². The van der Waals surface area contributed by atoms with E-state index in [1.54, 1.807) is 7.11 Å². The van der Waals surface area contributed by atoms with E-state index in [9.17, 15) is 0 Å². The summed E-state index contributed by atoms with van der Waals surface area (Å²) >= 11 is 0. The Morgan fingerprint density at radius 1 is 1.17 bits per heavy atom. The summed E-state index contributed by atoms with van der Waals surface area (Å²) in [5, 5.41) is 0. The minimum atomic E-state index is 0.388. The Labute approximate surface area is 75.6 Å². The van der Waals surface area contributed by atoms with Crippen LogP contribution in [0.15, 0.2) is 12.2 Å². The molecule has 0 rings (SSSR count). The molecule has 0 fully saturated rings. The summed E-state index contributed by atoms with van der Waals surface area (Å²) in [5.41, 5.74) is 0. The molecule has 0 spiro atoms. The fraction of sp³-hybridized carbons (Fsp3) is 0.800. The molecule has 0 saturated heterocycles. The summed E-state index contributed by atoms with van der Waals surface area (Å²) in [6, 6.07) is 0. The van der Waals surface area contributed by atoms with Crippen LogP contribution >= 0.6 is 0 Å². The molecule has 2 heteroatoms. The highest BCUT2D eigenvalue weighted by molar-refractivity contribution is 4.80. The third-order valence-electron chi connectivity index (χ3n) is 1.56. The largest absolute Gasteiger partial charge is 0.359 e. The van der Waals surface area contributed by atoms with Crippen LogP contribution < -0.4 is 0 Å². The van der Waals surface area contributed by atoms with E-state index in [0.29, 0.717) is 13.4 Å². The van der Waals surface area contributed by atoms with Gasteiger partial charge in [0.05, 0.1) is 6.61 Å². The molecular formula is C10H20O2. The molecule has 0 radical (unpaired) electrons. The van der Waals surface area contributed by atoms with Gasteiger partial charge >= 0.3 is 0 Å². The van der Waals surface area contributed by atoms with Gasteiger partial charge in [0.15, 0.2) is 0 Å². The molecule has 0 N–H and O–H groups in total. The van der Waals surface area contributed by atoms with Crippen molar-refractivity contribution in [3.63, 3.8) is 0 Å². The molecule has 0 saturated carbocycles. The molecule has 72 valence electrons. The van der Waals surface area contributed by atoms with E-state index in [2.05, 4.69) is 19.1 Å². The SMILES string of the molecule is CCCCC/C=C/COCOC. The first kappa shape index (κ1) is 11.7. The van der Waals surface area contributed by atoms with Crippen molar-refractivity contribution in [1.29, 1.82) is 0 Å². The summed E-state index contributed by atoms with van der Waals surface area (Å²) in [6.07, 6.45) is 9.29. The van der Waals surface area contributed by atoms with E-state index in [-0.39, 0.29) is 0 Å². The van der Waals surface area contributed by atoms with Crippen molar-refractivity contribution < 1.29 is 9.47 Å². The van der Waals surface area contributed by atoms with Gasteiger partial charge in [0.1, 0.15) is 6.79 Å². The molecule has 12 heavy (non-hydrogen) atoms. The quantitative estimate of drug-likeness (QED) is 0.318. The molecule has 0 aliphatic carbocycles. The van der Waals surface area contributed by atoms with Gasteiger partial charge in [-0.05, 0) is 12.8 Å². The van der Waals surface area contributed by atoms with Gasteiger partial charge in [-0.2, -0.15) is 0 Å². The highest BCUT2D eigenvalue weighted by Crippen LogP contribution is 1.99. The van der Waals surface area contributed by atoms with Crippen LogP contribution in [0.25, 0.3) is 0 Å². The van der Waals surface area contributed by atoms with Gasteiger partial charge in [-0.1, -0.05) is 31.9 Å². The Kier molecular flexibility index (Phi) is 10.4. The Bertz CT molecular complexity index is 88.0. The number of hydrogen-bond donors (Lipinski definition) is 0. The molecule has 2 nitrogen and oxygen atoms in total. The first-order chi connectivity index (χ1) is 5.91. The van der Waals surface area contributed by atoms with Gasteiger partial charge in [-0.25, -0.2) is 0 Å². The number of ether oxygens (including phenoxy) is 2. The molecule has 0 unspecified atom stereocenters. The molecule has 0 aromatic rings. The lowest BCUT2D eigenvalue weighted by Gasteiger charge is -1.96. The van der Waals surface area contributed by atoms with E-state index in [0.717, 1.165) is 0 Å². The maximum absolute atomic E-state index is 5.08. The molecule has 0 aliphatic heterocycles. The predicted octanol–water partition coefficient (Wildman–Crippen LogP) is 2.74. The van der Waals surface area contributed by atoms with Gasteiger partial charge in [-0.3, -0.25) is 0 Å². The topological polar surface area (TPSA) is 18.5 Å². The van der Waals surface area contributed by atoms with Gasteiger partial charge < -0.3 is 9.47 Å². The number of methoxy groups -OCH3 is 1. The predicted molar refractivity (Wildman–Crippen MR) is 51.1 cm³/mol. The smallest absolute Gasteiger partial charge is 0.146 e. The van der Waals surface area contributed by atoms with Crippen molar-refractivity contribution in [3.8, 4) is 0 Å². The van der Waals surface area contributed by atoms with Crippen LogP contribution in [0.5, 0.6) is 0 Å². The Balaban J connectivity index is 2.93. The van der Waals surface area contributed by atoms with E-state index in [1.165, 1.54) is 25.7 Å². The van der Waals surface area contributed by atoms with E-state index in [1.807, 2.05) is 0 Å². The number of unbranched alkanes of at least 4 members (excludes halogenated alkanes) is 3. The molecule has 0 heterocycles. The van der Waals surface area contributed by atoms with Crippen molar-refractivity contribution in [2.24, 2.45) is 0 Å². The first-order valence-electron chi connectivity index (χ1n) is 4.63. The Hall–Kier alpha value is -0.340. The third-order valence-corrected chi connectivity index (χ3v) is 1.56. The summed E-state index contributed by atoms with van der Waals surface area (Å²) in [5.74, 6) is 0. The molecule has 0 aliphatic rings. The average Bonchev–Trinajstić information content (AvgIpc) is 2.10. The molecule has 0 aromatic carbocycles. The van der Waals surface area contributed by atoms with Crippen LogP contribution in [0.4, 0.5) is 0 Å². The van der Waals surface area contributed by atoms with Crippen LogP contribution in [0.1, 0.15) is 32.6 Å². The van der Waals surface area contributed by atoms with Crippen LogP contribution in [0, 0.1) is 0 Å². The highest BCUT2D eigenvalue weighted by Gasteiger charge is 1.82. The van der Waals surface area contributed by atoms with Crippen LogP contribution in [-0.2, 0) is 9.47 Å². The van der Waals surface area contributed by atoms with Gasteiger partial charge in [-0.15, -0.1) is 0 Å². The summed E-state index contributed by atoms with van der Waals surface area (Å²) < 4.78 is 9.81. The highest BCUT2D eigenvalue weighted by atomic mass is 16.7. The summed E-state index contributed by atoms with van der Waals surface area (Å²) in [6.45, 7) is 3.27. The lowest BCUT2D eigenvalue weighted by Crippen LogP contribution is -1.95. The normalized spacial score (nSPS) is 11.2. The van der Waals surface area contributed by atoms with Crippen molar-refractivity contribution in [2.75, 3.05) is 20.5 Å². The zero-order valence-electron chi connectivity index (χ0n) is 8.21. The Morgan fingerprint density at radius 3 is 2.67 bits per heavy atom. The van der Waals surface area contributed by atoms with Crippen LogP contribution in [-0.4, -0.2) is 20.5 Å². The maximum atomic E-state index is 5.08. The standard InChI is InChI=1S/C10H20O2/c1-3-4-5-6-7-8-9-12-10-11-2/h7-8H,3-6,9-10H2,1-2H3/b8-7+. The number of rotatable bonds is 8. The molecule has 0 bridgehead atoms. The van der Waals surface area contributed by atoms with Crippen LogP contribution in [0.2, 0.25) is 0 Å². The second-order valence-electron chi connectivity index (χ2n) is 2.74. The lowest BCUT2D eigenvalue weighted by atomic mass is 10.2. The second-order valence-corrected chi connectivity index (χ2v) is 2.74. The average molecular weight is 172 g/mol. The minimum Gasteiger partial charge on any atom is -0.359 e. The van der Waals surface area contributed by atoms with Crippen LogP contribution in [0.3, 0.4) is 0 Å². The zero-order valence-corrected chi connectivity index (χ0v) is 8.21. The number of allylic oxidation sites excluding steroid dienone is 1. The van der Waals surface area contributed by atoms with Gasteiger partial charge in [0.2, 0.25) is 0 Å². The maximum Gasteiger partial charge on any atom is 0.146 e. The van der Waals surface area contributed by atoms with Gasteiger partial charge in [0.25, 0.3) is 0 Å². The van der Waals surface area contributed by atoms with Crippen molar-refractivity contribution >= 4 is 0 Å². The lowest BCUT2D eigenvalue weighted by molar-refractivity contribution is -0.0186. The first-order valence-corrected chi connectivity index (χ1v) is 4.63. The second kappa shape index (κ2) is 10.7. The third kappa shape index (κ3) is 9.66. The monoisotopic (exact) mass is 172 g/mol. The summed E-state index contributed by atoms with van der Waals surface area (Å²) in [7, 11) is 1.63. The molecule has 0 atom stereocenters. The molecule has 0 aromatic heterocycles. The fourth-order valence-electron chi connectivity index (χ4n) is 0.898. The fourth-order valence-corrected chi connectivity index (χ4v) is 0.898. The van der Waals surface area contributed by atoms with Crippen molar-refractivity contribution in [1.82, 2.24) is 0 Å². The summed E-state index contributed by atoms with van der Waals surface area (Å²) in [4.78, 5) is 0.